The molecule has 0 spiro atoms. The van der Waals surface area contributed by atoms with Crippen LogP contribution in [0.3, 0.4) is 0 Å². The van der Waals surface area contributed by atoms with Crippen molar-refractivity contribution in [2.24, 2.45) is 10.2 Å². The fraction of sp³-hybridized carbons (Fsp3) is 0.0385. The number of fused-ring (bicyclic) bond motifs is 1. The van der Waals surface area contributed by atoms with E-state index in [9.17, 15) is 44.0 Å². The largest absolute Gasteiger partial charge is 0.505 e. The molecule has 0 saturated heterocycles. The number of benzene rings is 4. The minimum absolute atomic E-state index is 0. The number of aromatic hydroxyl groups is 1. The van der Waals surface area contributed by atoms with Gasteiger partial charge in [0.05, 0.1) is 10.6 Å². The Labute approximate surface area is 299 Å². The van der Waals surface area contributed by atoms with Crippen LogP contribution in [0.25, 0.3) is 10.8 Å². The van der Waals surface area contributed by atoms with Crippen LogP contribution >= 0.6 is 11.6 Å². The fourth-order valence-corrected chi connectivity index (χ4v) is 6.28. The molecule has 1 heterocycles. The summed E-state index contributed by atoms with van der Waals surface area (Å²) >= 11 is 6.14. The van der Waals surface area contributed by atoms with Crippen molar-refractivity contribution in [3.8, 4) is 5.75 Å². The monoisotopic (exact) mass is 744 g/mol. The van der Waals surface area contributed by atoms with Crippen molar-refractivity contribution in [2.45, 2.75) is 14.7 Å². The first kappa shape index (κ1) is 37.0. The molecule has 5 aromatic rings. The van der Waals surface area contributed by atoms with E-state index in [2.05, 4.69) is 30.5 Å². The summed E-state index contributed by atoms with van der Waals surface area (Å²) in [5.74, 6) is -1.27. The molecule has 0 saturated carbocycles. The number of hydrogen-bond acceptors (Lipinski definition) is 14. The van der Waals surface area contributed by atoms with Crippen LogP contribution in [0.5, 0.6) is 5.75 Å². The van der Waals surface area contributed by atoms with E-state index < -0.39 is 62.2 Å². The van der Waals surface area contributed by atoms with Crippen LogP contribution in [0.2, 0.25) is 5.28 Å². The van der Waals surface area contributed by atoms with Gasteiger partial charge in [0.15, 0.2) is 5.75 Å². The Balaban J connectivity index is 0.00000520. The Morgan fingerprint density at radius 2 is 1.40 bits per heavy atom. The molecule has 1 radical (unpaired) electrons. The van der Waals surface area contributed by atoms with Crippen LogP contribution in [-0.2, 0) is 30.4 Å². The molecule has 0 atom stereocenters. The summed E-state index contributed by atoms with van der Waals surface area (Å²) in [5, 5.41) is 20.4. The van der Waals surface area contributed by atoms with Gasteiger partial charge in [-0.3, -0.25) is 13.7 Å². The van der Waals surface area contributed by atoms with Crippen molar-refractivity contribution < 1.29 is 44.0 Å². The number of rotatable bonds is 9. The van der Waals surface area contributed by atoms with Gasteiger partial charge in [-0.15, -0.1) is 10.2 Å². The van der Waals surface area contributed by atoms with Gasteiger partial charge in [0.2, 0.25) is 17.2 Å². The molecule has 1 aromatic heterocycles. The molecule has 17 nitrogen and oxygen atoms in total. The first-order valence-corrected chi connectivity index (χ1v) is 17.4. The minimum atomic E-state index is -5.23. The van der Waals surface area contributed by atoms with E-state index in [0.717, 1.165) is 30.3 Å². The standard InChI is InChI=1S/C26H20ClN7O10S3.Na/c1-34(15-7-3-2-4-8-15)26-30-24(27)29-25(31-26)28-18-13-16(45(36,37)38)11-14-12-20(47(42,43)44)22(23(35)21(14)18)33-32-17-9-5-6-10-19(17)46(39,40)41;/h2-13,35H,1H3,(H,36,37,38)(H,39,40,41)(H,42,43,44)(H,28,29,30,31);. The van der Waals surface area contributed by atoms with E-state index in [1.54, 1.807) is 42.3 Å². The van der Waals surface area contributed by atoms with Gasteiger partial charge < -0.3 is 15.3 Å². The molecule has 0 bridgehead atoms. The summed E-state index contributed by atoms with van der Waals surface area (Å²) in [6.45, 7) is 0. The quantitative estimate of drug-likeness (QED) is 0.0780. The Morgan fingerprint density at radius 3 is 2.02 bits per heavy atom. The number of nitrogens with one attached hydrogen (secondary N) is 1. The fourth-order valence-electron chi connectivity index (χ4n) is 4.30. The van der Waals surface area contributed by atoms with Crippen molar-refractivity contribution in [2.75, 3.05) is 17.3 Å². The number of aromatic nitrogens is 3. The Morgan fingerprint density at radius 1 is 0.771 bits per heavy atom. The molecule has 0 unspecified atom stereocenters. The summed E-state index contributed by atoms with van der Waals surface area (Å²) in [5.41, 5.74) is -1.06. The number of phenols is 1. The zero-order valence-corrected chi connectivity index (χ0v) is 29.7. The summed E-state index contributed by atoms with van der Waals surface area (Å²) in [6, 6.07) is 15.9. The second-order valence-corrected chi connectivity index (χ2v) is 14.0. The average Bonchev–Trinajstić information content (AvgIpc) is 2.98. The van der Waals surface area contributed by atoms with Crippen molar-refractivity contribution in [1.29, 1.82) is 0 Å². The maximum atomic E-state index is 12.4. The number of nitrogens with zero attached hydrogens (tertiary/aromatic N) is 6. The minimum Gasteiger partial charge on any atom is -0.505 e. The van der Waals surface area contributed by atoms with Crippen LogP contribution in [-0.4, -0.2) is 95.6 Å². The number of phenolic OH excluding ortho intramolecular Hbond substituents is 1. The molecule has 0 aliphatic heterocycles. The van der Waals surface area contributed by atoms with E-state index in [1.165, 1.54) is 12.1 Å². The first-order valence-electron chi connectivity index (χ1n) is 12.7. The number of azo groups is 1. The predicted octanol–water partition coefficient (Wildman–Crippen LogP) is 4.67. The number of para-hydroxylation sites is 1. The summed E-state index contributed by atoms with van der Waals surface area (Å²) in [6.07, 6.45) is 0. The van der Waals surface area contributed by atoms with Crippen molar-refractivity contribution in [3.63, 3.8) is 0 Å². The SMILES string of the molecule is CN(c1ccccc1)c1nc(Cl)nc(Nc2cc(S(=O)(=O)O)cc3cc(S(=O)(=O)O)c(N=Nc4ccccc4S(=O)(=O)O)c(O)c23)n1.[Na]. The third kappa shape index (κ3) is 8.06. The van der Waals surface area contributed by atoms with Crippen LogP contribution in [0, 0.1) is 0 Å². The molecule has 48 heavy (non-hydrogen) atoms. The third-order valence-electron chi connectivity index (χ3n) is 6.39. The van der Waals surface area contributed by atoms with Crippen LogP contribution in [0.4, 0.5) is 34.6 Å². The second kappa shape index (κ2) is 14.0. The molecule has 5 N–H and O–H groups in total. The van der Waals surface area contributed by atoms with Crippen molar-refractivity contribution in [1.82, 2.24) is 15.0 Å². The van der Waals surface area contributed by atoms with E-state index in [1.807, 2.05) is 0 Å². The second-order valence-electron chi connectivity index (χ2n) is 9.48. The van der Waals surface area contributed by atoms with Crippen LogP contribution in [0.15, 0.2) is 97.7 Å². The normalized spacial score (nSPS) is 12.2. The maximum Gasteiger partial charge on any atom is 0.296 e. The number of hydrogen-bond donors (Lipinski definition) is 5. The zero-order valence-electron chi connectivity index (χ0n) is 24.5. The van der Waals surface area contributed by atoms with Crippen molar-refractivity contribution >= 4 is 117 Å². The zero-order chi connectivity index (χ0) is 34.3. The molecule has 4 aromatic carbocycles. The third-order valence-corrected chi connectivity index (χ3v) is 9.15. The van der Waals surface area contributed by atoms with Gasteiger partial charge in [-0.2, -0.15) is 40.2 Å². The Bertz CT molecular complexity index is 2420. The molecule has 245 valence electrons. The van der Waals surface area contributed by atoms with Gasteiger partial charge >= 0.3 is 0 Å². The van der Waals surface area contributed by atoms with E-state index in [-0.39, 0.29) is 63.2 Å². The van der Waals surface area contributed by atoms with Gasteiger partial charge in [-0.1, -0.05) is 30.3 Å². The molecular formula is C26H20ClN7NaO10S3. The summed E-state index contributed by atoms with van der Waals surface area (Å²) in [7, 11) is -13.4. The van der Waals surface area contributed by atoms with Crippen LogP contribution < -0.4 is 10.2 Å². The summed E-state index contributed by atoms with van der Waals surface area (Å²) < 4.78 is 102. The van der Waals surface area contributed by atoms with E-state index in [4.69, 9.17) is 11.6 Å². The smallest absolute Gasteiger partial charge is 0.296 e. The molecule has 0 fully saturated rings. The van der Waals surface area contributed by atoms with E-state index in [0.29, 0.717) is 5.69 Å². The molecule has 22 heteroatoms. The molecular weight excluding hydrogens is 725 g/mol. The van der Waals surface area contributed by atoms with E-state index >= 15 is 0 Å². The van der Waals surface area contributed by atoms with Crippen molar-refractivity contribution in [3.05, 3.63) is 78.1 Å². The van der Waals surface area contributed by atoms with Gasteiger partial charge in [-0.25, -0.2) is 0 Å². The molecule has 5 rings (SSSR count). The van der Waals surface area contributed by atoms with Gasteiger partial charge in [0.25, 0.3) is 30.4 Å². The maximum absolute atomic E-state index is 12.4. The predicted molar refractivity (Wildman–Crippen MR) is 174 cm³/mol. The Hall–Kier alpha value is -3.83. The molecule has 0 aliphatic rings. The van der Waals surface area contributed by atoms with Gasteiger partial charge in [0.1, 0.15) is 21.2 Å². The van der Waals surface area contributed by atoms with Gasteiger partial charge in [0, 0.05) is 47.7 Å². The van der Waals surface area contributed by atoms with Gasteiger partial charge in [-0.05, 0) is 59.5 Å². The topological polar surface area (TPSA) is 262 Å². The molecule has 0 aliphatic carbocycles. The molecule has 0 amide bonds. The first-order chi connectivity index (χ1) is 21.9. The Kier molecular flexibility index (Phi) is 10.8. The average molecular weight is 745 g/mol. The number of halogens is 1. The van der Waals surface area contributed by atoms with Crippen LogP contribution in [0.1, 0.15) is 0 Å². The summed E-state index contributed by atoms with van der Waals surface area (Å²) in [4.78, 5) is 11.3. The number of anilines is 4.